The molecule has 0 bridgehead atoms. The van der Waals surface area contributed by atoms with E-state index in [9.17, 15) is 9.59 Å². The second-order valence-corrected chi connectivity index (χ2v) is 9.15. The van der Waals surface area contributed by atoms with Crippen LogP contribution in [0.5, 0.6) is 0 Å². The molecule has 34 heavy (non-hydrogen) atoms. The van der Waals surface area contributed by atoms with E-state index >= 15 is 0 Å². The number of rotatable bonds is 9. The third-order valence-electron chi connectivity index (χ3n) is 6.22. The van der Waals surface area contributed by atoms with Gasteiger partial charge in [0.15, 0.2) is 0 Å². The van der Waals surface area contributed by atoms with Gasteiger partial charge in [0.1, 0.15) is 13.2 Å². The van der Waals surface area contributed by atoms with Crippen LogP contribution in [0.4, 0.5) is 9.59 Å². The van der Waals surface area contributed by atoms with Crippen molar-refractivity contribution in [3.05, 3.63) is 83.9 Å². The number of alkyl carbamates (subject to hydrolysis) is 2. The predicted molar refractivity (Wildman–Crippen MR) is 135 cm³/mol. The maximum absolute atomic E-state index is 12.3. The van der Waals surface area contributed by atoms with Crippen LogP contribution in [0, 0.1) is 5.41 Å². The first kappa shape index (κ1) is 25.1. The van der Waals surface area contributed by atoms with Gasteiger partial charge in [-0.15, -0.1) is 0 Å². The summed E-state index contributed by atoms with van der Waals surface area (Å²) in [5, 5.41) is 5.87. The molecule has 2 atom stereocenters. The van der Waals surface area contributed by atoms with Crippen molar-refractivity contribution in [1.82, 2.24) is 10.6 Å². The quantitative estimate of drug-likeness (QED) is 0.474. The van der Waals surface area contributed by atoms with Crippen LogP contribution < -0.4 is 10.6 Å². The zero-order valence-electron chi connectivity index (χ0n) is 19.8. The summed E-state index contributed by atoms with van der Waals surface area (Å²) in [5.74, 6) is 0. The highest BCUT2D eigenvalue weighted by molar-refractivity contribution is 5.68. The second kappa shape index (κ2) is 12.1. The Hall–Kier alpha value is -3.54. The summed E-state index contributed by atoms with van der Waals surface area (Å²) in [5.41, 5.74) is 3.76. The van der Waals surface area contributed by atoms with Crippen molar-refractivity contribution in [3.8, 4) is 0 Å². The van der Waals surface area contributed by atoms with E-state index in [-0.39, 0.29) is 24.7 Å². The maximum Gasteiger partial charge on any atom is 0.407 e. The van der Waals surface area contributed by atoms with Crippen molar-refractivity contribution in [3.63, 3.8) is 0 Å². The topological polar surface area (TPSA) is 76.7 Å². The molecular weight excluding hydrogens is 428 g/mol. The van der Waals surface area contributed by atoms with Crippen molar-refractivity contribution in [2.75, 3.05) is 6.54 Å². The van der Waals surface area contributed by atoms with Crippen molar-refractivity contribution in [2.45, 2.75) is 51.9 Å². The number of benzene rings is 2. The Morgan fingerprint density at radius 2 is 1.47 bits per heavy atom. The number of hydrogen-bond acceptors (Lipinski definition) is 4. The Bertz CT molecular complexity index is 984. The molecule has 180 valence electrons. The molecule has 2 unspecified atom stereocenters. The lowest BCUT2D eigenvalue weighted by atomic mass is 9.73. The fraction of sp³-hybridized carbons (Fsp3) is 0.357. The lowest BCUT2D eigenvalue weighted by Gasteiger charge is -2.38. The van der Waals surface area contributed by atoms with E-state index in [2.05, 4.69) is 30.7 Å². The molecule has 1 saturated carbocycles. The van der Waals surface area contributed by atoms with Crippen LogP contribution in [0.2, 0.25) is 0 Å². The van der Waals surface area contributed by atoms with Crippen LogP contribution in [0.15, 0.2) is 61.7 Å². The first-order chi connectivity index (χ1) is 16.4. The Morgan fingerprint density at radius 1 is 0.941 bits per heavy atom. The average molecular weight is 463 g/mol. The van der Waals surface area contributed by atoms with E-state index in [1.54, 1.807) is 12.2 Å². The molecule has 2 aromatic carbocycles. The molecule has 2 aromatic rings. The number of carbonyl (C=O) groups is 2. The van der Waals surface area contributed by atoms with Gasteiger partial charge in [0.2, 0.25) is 0 Å². The molecule has 2 N–H and O–H groups in total. The lowest BCUT2D eigenvalue weighted by Crippen LogP contribution is -2.46. The Morgan fingerprint density at radius 3 is 2.00 bits per heavy atom. The Kier molecular flexibility index (Phi) is 8.91. The van der Waals surface area contributed by atoms with Gasteiger partial charge in [0, 0.05) is 12.6 Å². The van der Waals surface area contributed by atoms with Gasteiger partial charge < -0.3 is 20.1 Å². The van der Waals surface area contributed by atoms with Gasteiger partial charge >= 0.3 is 12.2 Å². The molecule has 1 aliphatic carbocycles. The zero-order valence-corrected chi connectivity index (χ0v) is 19.8. The van der Waals surface area contributed by atoms with Crippen LogP contribution >= 0.6 is 0 Å². The monoisotopic (exact) mass is 462 g/mol. The van der Waals surface area contributed by atoms with E-state index in [4.69, 9.17) is 9.47 Å². The van der Waals surface area contributed by atoms with Gasteiger partial charge in [-0.2, -0.15) is 0 Å². The number of ether oxygens (including phenoxy) is 2. The van der Waals surface area contributed by atoms with E-state index in [1.165, 1.54) is 0 Å². The molecule has 6 heteroatoms. The molecule has 6 nitrogen and oxygen atoms in total. The molecule has 0 spiro atoms. The summed E-state index contributed by atoms with van der Waals surface area (Å²) >= 11 is 0. The van der Waals surface area contributed by atoms with Crippen molar-refractivity contribution in [1.29, 1.82) is 0 Å². The van der Waals surface area contributed by atoms with Gasteiger partial charge in [-0.3, -0.25) is 0 Å². The zero-order chi connectivity index (χ0) is 24.4. The summed E-state index contributed by atoms with van der Waals surface area (Å²) in [6.45, 7) is 10.5. The first-order valence-corrected chi connectivity index (χ1v) is 11.7. The minimum absolute atomic E-state index is 0.00980. The van der Waals surface area contributed by atoms with Gasteiger partial charge in [0.05, 0.1) is 0 Å². The smallest absolute Gasteiger partial charge is 0.407 e. The normalized spacial score (nSPS) is 19.5. The summed E-state index contributed by atoms with van der Waals surface area (Å²) < 4.78 is 10.7. The Balaban J connectivity index is 1.39. The fourth-order valence-electron chi connectivity index (χ4n) is 4.20. The molecule has 2 amide bonds. The van der Waals surface area contributed by atoms with Crippen molar-refractivity contribution in [2.24, 2.45) is 5.41 Å². The van der Waals surface area contributed by atoms with E-state index < -0.39 is 12.2 Å². The predicted octanol–water partition coefficient (Wildman–Crippen LogP) is 6.07. The van der Waals surface area contributed by atoms with E-state index in [1.807, 2.05) is 48.5 Å². The minimum Gasteiger partial charge on any atom is -0.445 e. The molecule has 0 radical (unpaired) electrons. The van der Waals surface area contributed by atoms with Crippen LogP contribution in [0.3, 0.4) is 0 Å². The summed E-state index contributed by atoms with van der Waals surface area (Å²) in [4.78, 5) is 24.5. The molecular formula is C28H34N2O4. The fourth-order valence-corrected chi connectivity index (χ4v) is 4.20. The van der Waals surface area contributed by atoms with E-state index in [0.29, 0.717) is 6.54 Å². The molecule has 1 aliphatic rings. The van der Waals surface area contributed by atoms with Gasteiger partial charge in [-0.05, 0) is 46.9 Å². The molecule has 0 aliphatic heterocycles. The van der Waals surface area contributed by atoms with E-state index in [0.717, 1.165) is 47.9 Å². The minimum atomic E-state index is -0.439. The summed E-state index contributed by atoms with van der Waals surface area (Å²) in [7, 11) is 0. The SMILES string of the molecule is C=Cc1ccc(COC(=O)NCC2(C)CCCC(NC(=O)OCc3ccc(C=C)cc3)C2)cc1. The average Bonchev–Trinajstić information content (AvgIpc) is 2.85. The summed E-state index contributed by atoms with van der Waals surface area (Å²) in [6.07, 6.45) is 6.28. The van der Waals surface area contributed by atoms with Crippen molar-refractivity contribution < 1.29 is 19.1 Å². The number of nitrogens with one attached hydrogen (secondary N) is 2. The summed E-state index contributed by atoms with van der Waals surface area (Å²) in [6, 6.07) is 15.4. The van der Waals surface area contributed by atoms with Crippen LogP contribution in [-0.4, -0.2) is 24.8 Å². The van der Waals surface area contributed by atoms with Gasteiger partial charge in [-0.25, -0.2) is 9.59 Å². The number of carbonyl (C=O) groups excluding carboxylic acids is 2. The second-order valence-electron chi connectivity index (χ2n) is 9.15. The Labute approximate surface area is 202 Å². The van der Waals surface area contributed by atoms with Crippen molar-refractivity contribution >= 4 is 24.3 Å². The molecule has 3 rings (SSSR count). The highest BCUT2D eigenvalue weighted by Gasteiger charge is 2.33. The molecule has 1 fully saturated rings. The standard InChI is InChI=1S/C28H34N2O4/c1-4-21-8-12-23(13-9-21)18-33-26(31)29-20-28(3)16-6-7-25(17-28)30-27(32)34-19-24-14-10-22(5-2)11-15-24/h4-5,8-15,25H,1-2,6-7,16-20H2,3H3,(H,29,31)(H,30,32). The van der Waals surface area contributed by atoms with Gasteiger partial charge in [0.25, 0.3) is 0 Å². The van der Waals surface area contributed by atoms with Crippen LogP contribution in [0.1, 0.15) is 54.9 Å². The first-order valence-electron chi connectivity index (χ1n) is 11.7. The van der Waals surface area contributed by atoms with Crippen LogP contribution in [-0.2, 0) is 22.7 Å². The maximum atomic E-state index is 12.3. The van der Waals surface area contributed by atoms with Gasteiger partial charge in [-0.1, -0.05) is 87.2 Å². The lowest BCUT2D eigenvalue weighted by molar-refractivity contribution is 0.112. The highest BCUT2D eigenvalue weighted by atomic mass is 16.6. The number of amides is 2. The third-order valence-corrected chi connectivity index (χ3v) is 6.22. The van der Waals surface area contributed by atoms with Crippen LogP contribution in [0.25, 0.3) is 12.2 Å². The largest absolute Gasteiger partial charge is 0.445 e. The highest BCUT2D eigenvalue weighted by Crippen LogP contribution is 2.35. The molecule has 0 saturated heterocycles. The molecule has 0 heterocycles. The third kappa shape index (κ3) is 7.80. The number of hydrogen-bond donors (Lipinski definition) is 2. The molecule has 0 aromatic heterocycles.